The van der Waals surface area contributed by atoms with Crippen molar-refractivity contribution in [1.82, 2.24) is 4.90 Å². The molecule has 1 aliphatic heterocycles. The average Bonchev–Trinajstić information content (AvgIpc) is 3.20. The van der Waals surface area contributed by atoms with Gasteiger partial charge in [0.25, 0.3) is 0 Å². The number of likely N-dealkylation sites (tertiary alicyclic amines) is 1. The van der Waals surface area contributed by atoms with Crippen molar-refractivity contribution in [1.29, 1.82) is 0 Å². The van der Waals surface area contributed by atoms with Gasteiger partial charge < -0.3 is 14.1 Å². The van der Waals surface area contributed by atoms with Gasteiger partial charge in [-0.25, -0.2) is 4.79 Å². The largest absolute Gasteiger partial charge is 0.465 e. The molecule has 1 aromatic carbocycles. The molecule has 0 N–H and O–H groups in total. The minimum absolute atomic E-state index is 0.159. The zero-order valence-electron chi connectivity index (χ0n) is 23.3. The summed E-state index contributed by atoms with van der Waals surface area (Å²) in [6.07, 6.45) is 14.3. The van der Waals surface area contributed by atoms with Crippen molar-refractivity contribution in [3.63, 3.8) is 0 Å². The maximum Gasteiger partial charge on any atom is 0.337 e. The van der Waals surface area contributed by atoms with E-state index in [1.54, 1.807) is 12.1 Å². The van der Waals surface area contributed by atoms with Gasteiger partial charge in [0.1, 0.15) is 0 Å². The maximum absolute atomic E-state index is 12.8. The molecule has 1 aliphatic carbocycles. The Balaban J connectivity index is 1.62. The first-order valence-corrected chi connectivity index (χ1v) is 16.7. The van der Waals surface area contributed by atoms with E-state index < -0.39 is 8.32 Å². The van der Waals surface area contributed by atoms with Gasteiger partial charge in [0, 0.05) is 19.1 Å². The molecule has 0 aromatic heterocycles. The third kappa shape index (κ3) is 7.55. The van der Waals surface area contributed by atoms with Crippen LogP contribution in [0.15, 0.2) is 36.4 Å². The highest BCUT2D eigenvalue weighted by molar-refractivity contribution is 6.74. The number of nitrogens with zero attached hydrogens (tertiary/aromatic N) is 1. The lowest BCUT2D eigenvalue weighted by molar-refractivity contribution is -0.128. The van der Waals surface area contributed by atoms with E-state index in [9.17, 15) is 9.59 Å². The molecule has 6 heteroatoms. The van der Waals surface area contributed by atoms with E-state index in [1.165, 1.54) is 39.2 Å². The van der Waals surface area contributed by atoms with E-state index in [0.717, 1.165) is 31.4 Å². The maximum atomic E-state index is 12.8. The zero-order valence-corrected chi connectivity index (χ0v) is 24.3. The van der Waals surface area contributed by atoms with Crippen LogP contribution < -0.4 is 0 Å². The van der Waals surface area contributed by atoms with Crippen LogP contribution in [0.2, 0.25) is 18.1 Å². The van der Waals surface area contributed by atoms with Crippen molar-refractivity contribution in [3.05, 3.63) is 47.5 Å². The number of hydrogen-bond acceptors (Lipinski definition) is 4. The monoisotopic (exact) mass is 513 g/mol. The fraction of sp³-hybridized carbons (Fsp3) is 0.667. The van der Waals surface area contributed by atoms with Crippen LogP contribution in [-0.2, 0) is 20.4 Å². The number of rotatable bonds is 10. The van der Waals surface area contributed by atoms with Gasteiger partial charge in [-0.1, -0.05) is 64.3 Å². The molecule has 2 fully saturated rings. The second-order valence-electron chi connectivity index (χ2n) is 12.1. The van der Waals surface area contributed by atoms with Crippen LogP contribution in [-0.4, -0.2) is 50.9 Å². The lowest BCUT2D eigenvalue weighted by Crippen LogP contribution is -2.47. The highest BCUT2D eigenvalue weighted by atomic mass is 28.4. The topological polar surface area (TPSA) is 55.8 Å². The van der Waals surface area contributed by atoms with E-state index in [2.05, 4.69) is 50.9 Å². The second-order valence-corrected chi connectivity index (χ2v) is 16.9. The van der Waals surface area contributed by atoms with Crippen molar-refractivity contribution in [2.45, 2.75) is 109 Å². The summed E-state index contributed by atoms with van der Waals surface area (Å²) in [5.41, 5.74) is 1.69. The fourth-order valence-corrected chi connectivity index (χ4v) is 6.64. The Bertz CT molecular complexity index is 897. The highest BCUT2D eigenvalue weighted by Crippen LogP contribution is 2.40. The summed E-state index contributed by atoms with van der Waals surface area (Å²) in [7, 11) is -0.488. The smallest absolute Gasteiger partial charge is 0.337 e. The van der Waals surface area contributed by atoms with Crippen molar-refractivity contribution >= 4 is 20.2 Å². The van der Waals surface area contributed by atoms with Crippen LogP contribution in [0.5, 0.6) is 0 Å². The number of ether oxygens (including phenoxy) is 1. The summed E-state index contributed by atoms with van der Waals surface area (Å²) >= 11 is 0. The number of benzene rings is 1. The molecule has 2 atom stereocenters. The van der Waals surface area contributed by atoms with Crippen LogP contribution >= 0.6 is 0 Å². The van der Waals surface area contributed by atoms with E-state index in [0.29, 0.717) is 17.9 Å². The van der Waals surface area contributed by atoms with Crippen molar-refractivity contribution < 1.29 is 18.8 Å². The molecule has 1 heterocycles. The Kier molecular flexibility index (Phi) is 9.99. The first kappa shape index (κ1) is 28.6. The van der Waals surface area contributed by atoms with E-state index in [4.69, 9.17) is 9.16 Å². The molecule has 36 heavy (non-hydrogen) atoms. The van der Waals surface area contributed by atoms with Gasteiger partial charge in [-0.15, -0.1) is 0 Å². The predicted molar refractivity (Wildman–Crippen MR) is 149 cm³/mol. The number of allylic oxidation sites excluding steroid dienone is 1. The van der Waals surface area contributed by atoms with E-state index in [-0.39, 0.29) is 29.1 Å². The molecule has 1 amide bonds. The van der Waals surface area contributed by atoms with Crippen LogP contribution in [0, 0.1) is 5.92 Å². The molecular weight excluding hydrogens is 466 g/mol. The summed E-state index contributed by atoms with van der Waals surface area (Å²) in [5.74, 6) is 0.565. The molecule has 0 radical (unpaired) electrons. The lowest BCUT2D eigenvalue weighted by atomic mass is 9.84. The Morgan fingerprint density at radius 1 is 1.11 bits per heavy atom. The van der Waals surface area contributed by atoms with Crippen molar-refractivity contribution in [3.8, 4) is 0 Å². The number of hydrogen-bond donors (Lipinski definition) is 0. The molecule has 0 spiro atoms. The number of methoxy groups -OCH3 is 1. The lowest BCUT2D eigenvalue weighted by Gasteiger charge is -2.43. The summed E-state index contributed by atoms with van der Waals surface area (Å²) in [6.45, 7) is 12.4. The standard InChI is InChI=1S/C30H47NO4Si/c1-30(2,3)36(5,6)35-27(24-12-8-7-9-13-24)21-22-31-26(19-20-28(31)32)14-10-11-23-15-17-25(18-16-23)29(33)34-4/h10,14-18,24,26-27H,7-9,11-13,19-22H2,1-6H3/t26-,27+/m0/s1. The Morgan fingerprint density at radius 3 is 2.39 bits per heavy atom. The molecule has 5 nitrogen and oxygen atoms in total. The molecule has 0 unspecified atom stereocenters. The van der Waals surface area contributed by atoms with Gasteiger partial charge in [0.05, 0.1) is 18.7 Å². The van der Waals surface area contributed by atoms with Gasteiger partial charge >= 0.3 is 5.97 Å². The number of amides is 1. The third-order valence-corrected chi connectivity index (χ3v) is 13.0. The Labute approximate surface area is 219 Å². The molecule has 3 rings (SSSR count). The summed E-state index contributed by atoms with van der Waals surface area (Å²) in [5, 5.41) is 0.184. The quantitative estimate of drug-likeness (QED) is 0.193. The van der Waals surface area contributed by atoms with Crippen molar-refractivity contribution in [2.24, 2.45) is 5.92 Å². The molecule has 1 saturated heterocycles. The van der Waals surface area contributed by atoms with Crippen LogP contribution in [0.4, 0.5) is 0 Å². The SMILES string of the molecule is COC(=O)c1ccc(CC=C[C@H]2CCC(=O)N2CC[C@@H](O[Si](C)(C)C(C)(C)C)C2CCCCC2)cc1. The normalized spacial score (nSPS) is 20.8. The predicted octanol–water partition coefficient (Wildman–Crippen LogP) is 6.92. The van der Waals surface area contributed by atoms with E-state index in [1.807, 2.05) is 12.1 Å². The van der Waals surface area contributed by atoms with Gasteiger partial charge in [-0.3, -0.25) is 4.79 Å². The van der Waals surface area contributed by atoms with Crippen LogP contribution in [0.1, 0.15) is 88.1 Å². The molecule has 0 bridgehead atoms. The van der Waals surface area contributed by atoms with Gasteiger partial charge in [-0.2, -0.15) is 0 Å². The Hall–Kier alpha value is -1.92. The number of carbonyl (C=O) groups is 2. The fourth-order valence-electron chi connectivity index (χ4n) is 5.22. The summed E-state index contributed by atoms with van der Waals surface area (Å²) < 4.78 is 11.8. The molecule has 2 aliphatic rings. The first-order chi connectivity index (χ1) is 17.0. The van der Waals surface area contributed by atoms with Gasteiger partial charge in [0.2, 0.25) is 5.91 Å². The molecule has 1 saturated carbocycles. The first-order valence-electron chi connectivity index (χ1n) is 13.8. The highest BCUT2D eigenvalue weighted by Gasteiger charge is 2.41. The third-order valence-electron chi connectivity index (χ3n) is 8.54. The average molecular weight is 514 g/mol. The Morgan fingerprint density at radius 2 is 1.78 bits per heavy atom. The van der Waals surface area contributed by atoms with Crippen LogP contribution in [0.25, 0.3) is 0 Å². The summed E-state index contributed by atoms with van der Waals surface area (Å²) in [4.78, 5) is 26.5. The van der Waals surface area contributed by atoms with Gasteiger partial charge in [-0.05, 0) is 73.9 Å². The minimum atomic E-state index is -1.88. The number of esters is 1. The van der Waals surface area contributed by atoms with Crippen LogP contribution in [0.3, 0.4) is 0 Å². The second kappa shape index (κ2) is 12.5. The summed E-state index contributed by atoms with van der Waals surface area (Å²) in [6, 6.07) is 7.68. The zero-order chi connectivity index (χ0) is 26.3. The van der Waals surface area contributed by atoms with Gasteiger partial charge in [0.15, 0.2) is 8.32 Å². The molecule has 200 valence electrons. The number of carbonyl (C=O) groups excluding carboxylic acids is 2. The van der Waals surface area contributed by atoms with E-state index >= 15 is 0 Å². The molecular formula is C30H47NO4Si. The molecule has 1 aromatic rings. The minimum Gasteiger partial charge on any atom is -0.465 e. The van der Waals surface area contributed by atoms with Crippen molar-refractivity contribution in [2.75, 3.05) is 13.7 Å².